The molecule has 0 spiro atoms. The molecule has 21 heavy (non-hydrogen) atoms. The first kappa shape index (κ1) is 15.0. The van der Waals surface area contributed by atoms with E-state index < -0.39 is 0 Å². The number of nitrogens with one attached hydrogen (secondary N) is 1. The molecular weight excluding hydrogens is 439 g/mol. The molecule has 4 heteroatoms. The standard InChI is InChI=1S/C17H14BrIN2/c18-16-8-7-14(19)10-15(16)17(21-20)13-6-5-11-3-1-2-4-12(11)9-13/h1-10,17,21H,20H2. The van der Waals surface area contributed by atoms with Gasteiger partial charge in [0, 0.05) is 8.04 Å². The van der Waals surface area contributed by atoms with Crippen molar-refractivity contribution >= 4 is 49.3 Å². The van der Waals surface area contributed by atoms with Crippen molar-refractivity contribution in [3.63, 3.8) is 0 Å². The lowest BCUT2D eigenvalue weighted by Crippen LogP contribution is -2.29. The number of rotatable bonds is 3. The van der Waals surface area contributed by atoms with Crippen molar-refractivity contribution in [2.45, 2.75) is 6.04 Å². The van der Waals surface area contributed by atoms with Gasteiger partial charge in [-0.05, 0) is 68.8 Å². The van der Waals surface area contributed by atoms with Crippen LogP contribution in [-0.2, 0) is 0 Å². The predicted octanol–water partition coefficient (Wildman–Crippen LogP) is 4.76. The van der Waals surface area contributed by atoms with Gasteiger partial charge in [-0.15, -0.1) is 0 Å². The molecule has 0 saturated carbocycles. The Kier molecular flexibility index (Phi) is 4.59. The molecule has 2 nitrogen and oxygen atoms in total. The minimum absolute atomic E-state index is 0.0429. The Bertz CT molecular complexity index is 789. The van der Waals surface area contributed by atoms with Crippen molar-refractivity contribution in [2.75, 3.05) is 0 Å². The van der Waals surface area contributed by atoms with Crippen LogP contribution in [0.2, 0.25) is 0 Å². The van der Waals surface area contributed by atoms with Crippen LogP contribution >= 0.6 is 38.5 Å². The van der Waals surface area contributed by atoms with Crippen LogP contribution in [0.1, 0.15) is 17.2 Å². The van der Waals surface area contributed by atoms with Gasteiger partial charge in [-0.2, -0.15) is 0 Å². The van der Waals surface area contributed by atoms with E-state index in [0.717, 1.165) is 15.6 Å². The fourth-order valence-corrected chi connectivity index (χ4v) is 3.48. The summed E-state index contributed by atoms with van der Waals surface area (Å²) in [6.45, 7) is 0. The largest absolute Gasteiger partial charge is 0.271 e. The van der Waals surface area contributed by atoms with Gasteiger partial charge in [-0.1, -0.05) is 52.3 Å². The molecule has 0 aliphatic heterocycles. The maximum absolute atomic E-state index is 5.83. The molecule has 1 atom stereocenters. The third kappa shape index (κ3) is 3.13. The smallest absolute Gasteiger partial charge is 0.0721 e. The third-order valence-corrected chi connectivity index (χ3v) is 4.94. The molecule has 0 fully saturated rings. The second kappa shape index (κ2) is 6.44. The molecule has 3 aromatic rings. The van der Waals surface area contributed by atoms with E-state index in [1.165, 1.54) is 14.3 Å². The monoisotopic (exact) mass is 452 g/mol. The van der Waals surface area contributed by atoms with E-state index in [2.05, 4.69) is 105 Å². The van der Waals surface area contributed by atoms with Crippen LogP contribution in [0.25, 0.3) is 10.8 Å². The van der Waals surface area contributed by atoms with E-state index in [-0.39, 0.29) is 6.04 Å². The normalized spacial score (nSPS) is 12.5. The van der Waals surface area contributed by atoms with Gasteiger partial charge in [-0.3, -0.25) is 5.84 Å². The molecule has 1 unspecified atom stereocenters. The Balaban J connectivity index is 2.11. The summed E-state index contributed by atoms with van der Waals surface area (Å²) in [7, 11) is 0. The van der Waals surface area contributed by atoms with Crippen molar-refractivity contribution in [3.8, 4) is 0 Å². The van der Waals surface area contributed by atoms with E-state index in [0.29, 0.717) is 0 Å². The molecule has 0 aliphatic carbocycles. The predicted molar refractivity (Wildman–Crippen MR) is 100.0 cm³/mol. The Morgan fingerprint density at radius 1 is 0.952 bits per heavy atom. The average Bonchev–Trinajstić information content (AvgIpc) is 2.51. The van der Waals surface area contributed by atoms with Crippen LogP contribution in [0.3, 0.4) is 0 Å². The highest BCUT2D eigenvalue weighted by atomic mass is 127. The highest BCUT2D eigenvalue weighted by Gasteiger charge is 2.16. The fourth-order valence-electron chi connectivity index (χ4n) is 2.49. The van der Waals surface area contributed by atoms with Crippen molar-refractivity contribution < 1.29 is 0 Å². The summed E-state index contributed by atoms with van der Waals surface area (Å²) in [6.07, 6.45) is 0. The Hall–Kier alpha value is -0.950. The van der Waals surface area contributed by atoms with Crippen LogP contribution < -0.4 is 11.3 Å². The Morgan fingerprint density at radius 2 is 1.71 bits per heavy atom. The van der Waals surface area contributed by atoms with E-state index in [1.54, 1.807) is 0 Å². The molecule has 0 bridgehead atoms. The zero-order chi connectivity index (χ0) is 14.8. The molecule has 106 valence electrons. The highest BCUT2D eigenvalue weighted by molar-refractivity contribution is 14.1. The summed E-state index contributed by atoms with van der Waals surface area (Å²) in [6, 6.07) is 21.0. The van der Waals surface area contributed by atoms with Gasteiger partial charge in [-0.25, -0.2) is 5.43 Å². The summed E-state index contributed by atoms with van der Waals surface area (Å²) in [4.78, 5) is 0. The van der Waals surface area contributed by atoms with Crippen molar-refractivity contribution in [1.29, 1.82) is 0 Å². The van der Waals surface area contributed by atoms with E-state index >= 15 is 0 Å². The molecule has 0 saturated heterocycles. The fraction of sp³-hybridized carbons (Fsp3) is 0.0588. The second-order valence-corrected chi connectivity index (χ2v) is 6.97. The summed E-state index contributed by atoms with van der Waals surface area (Å²) in [5, 5.41) is 2.45. The number of nitrogens with two attached hydrogens (primary N) is 1. The molecule has 3 rings (SSSR count). The van der Waals surface area contributed by atoms with Gasteiger partial charge in [0.15, 0.2) is 0 Å². The number of benzene rings is 3. The Labute approximate surface area is 146 Å². The van der Waals surface area contributed by atoms with Crippen LogP contribution in [0.4, 0.5) is 0 Å². The van der Waals surface area contributed by atoms with Crippen LogP contribution in [0.15, 0.2) is 65.1 Å². The van der Waals surface area contributed by atoms with Crippen LogP contribution in [0.5, 0.6) is 0 Å². The molecule has 0 radical (unpaired) electrons. The van der Waals surface area contributed by atoms with Gasteiger partial charge < -0.3 is 0 Å². The summed E-state index contributed by atoms with van der Waals surface area (Å²) < 4.78 is 2.24. The number of hydrazine groups is 1. The van der Waals surface area contributed by atoms with Gasteiger partial charge in [0.1, 0.15) is 0 Å². The van der Waals surface area contributed by atoms with Crippen molar-refractivity contribution in [1.82, 2.24) is 5.43 Å². The van der Waals surface area contributed by atoms with Crippen molar-refractivity contribution in [3.05, 3.63) is 79.8 Å². The number of fused-ring (bicyclic) bond motifs is 1. The average molecular weight is 453 g/mol. The summed E-state index contributed by atoms with van der Waals surface area (Å²) >= 11 is 5.94. The van der Waals surface area contributed by atoms with Crippen LogP contribution in [-0.4, -0.2) is 0 Å². The first-order valence-corrected chi connectivity index (χ1v) is 8.46. The third-order valence-electron chi connectivity index (χ3n) is 3.54. The molecule has 0 heterocycles. The quantitative estimate of drug-likeness (QED) is 0.341. The number of hydrogen-bond acceptors (Lipinski definition) is 2. The highest BCUT2D eigenvalue weighted by Crippen LogP contribution is 2.31. The zero-order valence-electron chi connectivity index (χ0n) is 11.2. The van der Waals surface area contributed by atoms with E-state index in [1.807, 2.05) is 0 Å². The number of halogens is 2. The lowest BCUT2D eigenvalue weighted by Gasteiger charge is -2.19. The number of hydrogen-bond donors (Lipinski definition) is 2. The molecule has 0 aromatic heterocycles. The summed E-state index contributed by atoms with van der Waals surface area (Å²) in [5.41, 5.74) is 5.22. The molecule has 0 amide bonds. The minimum atomic E-state index is -0.0429. The van der Waals surface area contributed by atoms with Gasteiger partial charge in [0.2, 0.25) is 0 Å². The first-order valence-electron chi connectivity index (χ1n) is 6.59. The van der Waals surface area contributed by atoms with Gasteiger partial charge >= 0.3 is 0 Å². The van der Waals surface area contributed by atoms with Crippen molar-refractivity contribution in [2.24, 2.45) is 5.84 Å². The molecule has 0 aliphatic rings. The SMILES string of the molecule is NNC(c1ccc2ccccc2c1)c1cc(I)ccc1Br. The van der Waals surface area contributed by atoms with E-state index in [4.69, 9.17) is 5.84 Å². The lowest BCUT2D eigenvalue weighted by molar-refractivity contribution is 0.635. The topological polar surface area (TPSA) is 38.0 Å². The lowest BCUT2D eigenvalue weighted by atomic mass is 9.97. The van der Waals surface area contributed by atoms with E-state index in [9.17, 15) is 0 Å². The zero-order valence-corrected chi connectivity index (χ0v) is 14.9. The van der Waals surface area contributed by atoms with Gasteiger partial charge in [0.05, 0.1) is 6.04 Å². The molecular formula is C17H14BrIN2. The maximum Gasteiger partial charge on any atom is 0.0721 e. The maximum atomic E-state index is 5.83. The first-order chi connectivity index (χ1) is 10.2. The second-order valence-electron chi connectivity index (χ2n) is 4.87. The Morgan fingerprint density at radius 3 is 2.48 bits per heavy atom. The van der Waals surface area contributed by atoms with Crippen LogP contribution in [0, 0.1) is 3.57 Å². The molecule has 3 aromatic carbocycles. The summed E-state index contributed by atoms with van der Waals surface area (Å²) in [5.74, 6) is 5.83. The minimum Gasteiger partial charge on any atom is -0.271 e. The van der Waals surface area contributed by atoms with Gasteiger partial charge in [0.25, 0.3) is 0 Å². The molecule has 3 N–H and O–H groups in total.